The lowest BCUT2D eigenvalue weighted by atomic mass is 10.1. The molecule has 0 aliphatic heterocycles. The van der Waals surface area contributed by atoms with Crippen molar-refractivity contribution >= 4 is 27.5 Å². The number of anilines is 1. The van der Waals surface area contributed by atoms with E-state index in [1.54, 1.807) is 0 Å². The second-order valence-electron chi connectivity index (χ2n) is 6.58. The van der Waals surface area contributed by atoms with Gasteiger partial charge in [0, 0.05) is 22.6 Å². The van der Waals surface area contributed by atoms with Crippen LogP contribution in [0, 0.1) is 0 Å². The van der Waals surface area contributed by atoms with E-state index in [9.17, 15) is 4.79 Å². The lowest BCUT2D eigenvalue weighted by Crippen LogP contribution is -2.38. The third-order valence-electron chi connectivity index (χ3n) is 3.09. The van der Waals surface area contributed by atoms with E-state index in [1.165, 1.54) is 5.56 Å². The fourth-order valence-corrected chi connectivity index (χ4v) is 2.63. The van der Waals surface area contributed by atoms with Gasteiger partial charge in [0.2, 0.25) is 5.91 Å². The number of hydrogen-bond acceptors (Lipinski definition) is 3. The molecule has 0 heterocycles. The van der Waals surface area contributed by atoms with E-state index in [1.807, 2.05) is 24.8 Å². The van der Waals surface area contributed by atoms with Crippen molar-refractivity contribution in [1.29, 1.82) is 0 Å². The molecule has 5 heteroatoms. The number of nitrogens with zero attached hydrogens (tertiary/aromatic N) is 1. The molecule has 0 radical (unpaired) electrons. The van der Waals surface area contributed by atoms with E-state index in [0.717, 1.165) is 16.7 Å². The zero-order valence-corrected chi connectivity index (χ0v) is 15.1. The SMILES string of the molecule is CC(C)N(CC(N)=O)c1ccc(CNC(C)(C)C)cc1Br. The first kappa shape index (κ1) is 18.0. The van der Waals surface area contributed by atoms with Crippen LogP contribution in [0.15, 0.2) is 22.7 Å². The van der Waals surface area contributed by atoms with Crippen LogP contribution in [0.1, 0.15) is 40.2 Å². The highest BCUT2D eigenvalue weighted by Crippen LogP contribution is 2.29. The highest BCUT2D eigenvalue weighted by molar-refractivity contribution is 9.10. The fraction of sp³-hybridized carbons (Fsp3) is 0.562. The number of carbonyl (C=O) groups is 1. The normalized spacial score (nSPS) is 11.8. The van der Waals surface area contributed by atoms with Gasteiger partial charge in [-0.3, -0.25) is 4.79 Å². The molecule has 1 aromatic rings. The van der Waals surface area contributed by atoms with Gasteiger partial charge in [-0.05, 0) is 68.2 Å². The largest absolute Gasteiger partial charge is 0.368 e. The average molecular weight is 356 g/mol. The maximum Gasteiger partial charge on any atom is 0.236 e. The first-order chi connectivity index (χ1) is 9.60. The van der Waals surface area contributed by atoms with Gasteiger partial charge in [0.1, 0.15) is 0 Å². The summed E-state index contributed by atoms with van der Waals surface area (Å²) in [5, 5.41) is 3.46. The topological polar surface area (TPSA) is 58.4 Å². The monoisotopic (exact) mass is 355 g/mol. The molecule has 0 unspecified atom stereocenters. The van der Waals surface area contributed by atoms with Gasteiger partial charge >= 0.3 is 0 Å². The Kier molecular flexibility index (Phi) is 6.23. The van der Waals surface area contributed by atoms with Crippen LogP contribution in [0.25, 0.3) is 0 Å². The molecule has 0 aromatic heterocycles. The predicted octanol–water partition coefficient (Wildman–Crippen LogP) is 3.04. The molecule has 21 heavy (non-hydrogen) atoms. The van der Waals surface area contributed by atoms with Gasteiger partial charge in [0.25, 0.3) is 0 Å². The second-order valence-corrected chi connectivity index (χ2v) is 7.43. The number of nitrogens with one attached hydrogen (secondary N) is 1. The number of rotatable bonds is 6. The minimum Gasteiger partial charge on any atom is -0.368 e. The smallest absolute Gasteiger partial charge is 0.236 e. The average Bonchev–Trinajstić information content (AvgIpc) is 2.33. The maximum atomic E-state index is 11.2. The van der Waals surface area contributed by atoms with Crippen molar-refractivity contribution in [2.75, 3.05) is 11.4 Å². The number of primary amides is 1. The van der Waals surface area contributed by atoms with Gasteiger partial charge in [-0.2, -0.15) is 0 Å². The minimum atomic E-state index is -0.325. The van der Waals surface area contributed by atoms with E-state index >= 15 is 0 Å². The lowest BCUT2D eigenvalue weighted by Gasteiger charge is -2.29. The highest BCUT2D eigenvalue weighted by Gasteiger charge is 2.16. The molecule has 0 saturated carbocycles. The molecule has 0 atom stereocenters. The Morgan fingerprint density at radius 1 is 1.38 bits per heavy atom. The number of carbonyl (C=O) groups excluding carboxylic acids is 1. The van der Waals surface area contributed by atoms with E-state index in [4.69, 9.17) is 5.73 Å². The van der Waals surface area contributed by atoms with Gasteiger partial charge in [-0.1, -0.05) is 6.07 Å². The summed E-state index contributed by atoms with van der Waals surface area (Å²) in [7, 11) is 0. The van der Waals surface area contributed by atoms with Gasteiger partial charge in [0.05, 0.1) is 12.2 Å². The molecular formula is C16H26BrN3O. The Labute approximate surface area is 136 Å². The third kappa shape index (κ3) is 6.06. The van der Waals surface area contributed by atoms with E-state index in [-0.39, 0.29) is 24.0 Å². The Balaban J connectivity index is 2.92. The van der Waals surface area contributed by atoms with E-state index < -0.39 is 0 Å². The molecule has 0 aliphatic carbocycles. The van der Waals surface area contributed by atoms with E-state index in [2.05, 4.69) is 54.2 Å². The summed E-state index contributed by atoms with van der Waals surface area (Å²) < 4.78 is 0.977. The zero-order chi connectivity index (χ0) is 16.2. The van der Waals surface area contributed by atoms with Gasteiger partial charge < -0.3 is 16.0 Å². The van der Waals surface area contributed by atoms with Crippen molar-refractivity contribution in [1.82, 2.24) is 5.32 Å². The van der Waals surface area contributed by atoms with Crippen LogP contribution in [-0.2, 0) is 11.3 Å². The Hall–Kier alpha value is -1.07. The molecule has 0 spiro atoms. The molecule has 118 valence electrons. The quantitative estimate of drug-likeness (QED) is 0.824. The van der Waals surface area contributed by atoms with Gasteiger partial charge in [-0.15, -0.1) is 0 Å². The molecule has 0 fully saturated rings. The molecule has 0 saturated heterocycles. The molecule has 4 nitrogen and oxygen atoms in total. The summed E-state index contributed by atoms with van der Waals surface area (Å²) in [6.45, 7) is 11.5. The first-order valence-electron chi connectivity index (χ1n) is 7.18. The summed E-state index contributed by atoms with van der Waals surface area (Å²) in [6.07, 6.45) is 0. The highest BCUT2D eigenvalue weighted by atomic mass is 79.9. The van der Waals surface area contributed by atoms with Crippen LogP contribution in [0.2, 0.25) is 0 Å². The molecular weight excluding hydrogens is 330 g/mol. The van der Waals surface area contributed by atoms with Gasteiger partial charge in [-0.25, -0.2) is 0 Å². The summed E-state index contributed by atoms with van der Waals surface area (Å²) in [4.78, 5) is 13.2. The van der Waals surface area contributed by atoms with Crippen LogP contribution in [0.5, 0.6) is 0 Å². The van der Waals surface area contributed by atoms with Crippen molar-refractivity contribution in [3.63, 3.8) is 0 Å². The summed E-state index contributed by atoms with van der Waals surface area (Å²) in [6, 6.07) is 6.40. The lowest BCUT2D eigenvalue weighted by molar-refractivity contribution is -0.116. The zero-order valence-electron chi connectivity index (χ0n) is 13.5. The number of amides is 1. The first-order valence-corrected chi connectivity index (χ1v) is 7.98. The van der Waals surface area contributed by atoms with Crippen LogP contribution >= 0.6 is 15.9 Å². The van der Waals surface area contributed by atoms with Crippen molar-refractivity contribution in [2.45, 2.75) is 52.7 Å². The second kappa shape index (κ2) is 7.27. The molecule has 1 rings (SSSR count). The van der Waals surface area contributed by atoms with E-state index in [0.29, 0.717) is 0 Å². The minimum absolute atomic E-state index is 0.0844. The van der Waals surface area contributed by atoms with Crippen molar-refractivity contribution in [2.24, 2.45) is 5.73 Å². The Bertz CT molecular complexity index is 495. The summed E-state index contributed by atoms with van der Waals surface area (Å²) in [5.74, 6) is -0.325. The molecule has 0 aliphatic rings. The van der Waals surface area contributed by atoms with Crippen molar-refractivity contribution in [3.05, 3.63) is 28.2 Å². The summed E-state index contributed by atoms with van der Waals surface area (Å²) in [5.41, 5.74) is 7.61. The maximum absolute atomic E-state index is 11.2. The van der Waals surface area contributed by atoms with Gasteiger partial charge in [0.15, 0.2) is 0 Å². The molecule has 0 bridgehead atoms. The van der Waals surface area contributed by atoms with Crippen molar-refractivity contribution in [3.8, 4) is 0 Å². The molecule has 1 amide bonds. The van der Waals surface area contributed by atoms with Crippen LogP contribution in [-0.4, -0.2) is 24.0 Å². The van der Waals surface area contributed by atoms with Crippen LogP contribution in [0.4, 0.5) is 5.69 Å². The van der Waals surface area contributed by atoms with Crippen molar-refractivity contribution < 1.29 is 4.79 Å². The Morgan fingerprint density at radius 2 is 2.00 bits per heavy atom. The number of benzene rings is 1. The van der Waals surface area contributed by atoms with Crippen LogP contribution < -0.4 is 16.0 Å². The Morgan fingerprint density at radius 3 is 2.43 bits per heavy atom. The molecule has 3 N–H and O–H groups in total. The third-order valence-corrected chi connectivity index (χ3v) is 3.73. The fourth-order valence-electron chi connectivity index (χ4n) is 1.97. The number of nitrogens with two attached hydrogens (primary N) is 1. The molecule has 1 aromatic carbocycles. The number of halogens is 1. The summed E-state index contributed by atoms with van der Waals surface area (Å²) >= 11 is 3.60. The number of hydrogen-bond donors (Lipinski definition) is 2. The van der Waals surface area contributed by atoms with Crippen LogP contribution in [0.3, 0.4) is 0 Å². The predicted molar refractivity (Wildman–Crippen MR) is 92.4 cm³/mol. The standard InChI is InChI=1S/C16H26BrN3O/c1-11(2)20(10-15(18)21)14-7-6-12(8-13(14)17)9-19-16(3,4)5/h6-8,11,19H,9-10H2,1-5H3,(H2,18,21).